The first kappa shape index (κ1) is 11.4. The van der Waals surface area contributed by atoms with Crippen molar-refractivity contribution in [2.45, 2.75) is 5.92 Å². The Labute approximate surface area is 85.3 Å². The number of rotatable bonds is 3. The zero-order valence-corrected chi connectivity index (χ0v) is 8.06. The Morgan fingerprint density at radius 3 is 2.57 bits per heavy atom. The van der Waals surface area contributed by atoms with Crippen molar-refractivity contribution >= 4 is 11.6 Å². The highest BCUT2D eigenvalue weighted by atomic mass is 35.5. The van der Waals surface area contributed by atoms with E-state index in [1.54, 1.807) is 0 Å². The van der Waals surface area contributed by atoms with E-state index in [1.165, 1.54) is 6.07 Å². The highest BCUT2D eigenvalue weighted by Gasteiger charge is 2.17. The molecule has 0 aliphatic carbocycles. The molecule has 0 bridgehead atoms. The molecule has 1 aromatic rings. The monoisotopic (exact) mass is 221 g/mol. The largest absolute Gasteiger partial charge is 0.396 e. The zero-order valence-electron chi connectivity index (χ0n) is 7.30. The third-order valence-corrected chi connectivity index (χ3v) is 2.36. The van der Waals surface area contributed by atoms with E-state index in [-0.39, 0.29) is 18.7 Å². The van der Waals surface area contributed by atoms with Gasteiger partial charge in [-0.15, -0.1) is 0 Å². The summed E-state index contributed by atoms with van der Waals surface area (Å²) in [6.07, 6.45) is 0. The minimum absolute atomic E-state index is 0.0788. The second-order valence-corrected chi connectivity index (χ2v) is 3.26. The third-order valence-electron chi connectivity index (χ3n) is 2.01. The smallest absolute Gasteiger partial charge is 0.148 e. The highest BCUT2D eigenvalue weighted by Crippen LogP contribution is 2.26. The lowest BCUT2D eigenvalue weighted by atomic mass is 9.99. The standard InChI is InChI=1S/C9H10ClF2NO/c10-8-7(11)2-1-6(9(8)12)5(3-13)4-14/h1-2,5,14H,3-4,13H2. The van der Waals surface area contributed by atoms with Gasteiger partial charge >= 0.3 is 0 Å². The van der Waals surface area contributed by atoms with Crippen molar-refractivity contribution in [1.82, 2.24) is 0 Å². The van der Waals surface area contributed by atoms with Gasteiger partial charge in [-0.2, -0.15) is 0 Å². The average Bonchev–Trinajstić information content (AvgIpc) is 2.19. The Kier molecular flexibility index (Phi) is 3.80. The van der Waals surface area contributed by atoms with Crippen molar-refractivity contribution in [3.63, 3.8) is 0 Å². The second kappa shape index (κ2) is 4.68. The molecule has 0 fully saturated rings. The Balaban J connectivity index is 3.16. The topological polar surface area (TPSA) is 46.2 Å². The van der Waals surface area contributed by atoms with Gasteiger partial charge in [0.1, 0.15) is 16.7 Å². The quantitative estimate of drug-likeness (QED) is 0.763. The summed E-state index contributed by atoms with van der Waals surface area (Å²) in [6, 6.07) is 2.30. The summed E-state index contributed by atoms with van der Waals surface area (Å²) >= 11 is 5.37. The lowest BCUT2D eigenvalue weighted by Gasteiger charge is -2.13. The minimum Gasteiger partial charge on any atom is -0.396 e. The number of hydrogen-bond donors (Lipinski definition) is 2. The summed E-state index contributed by atoms with van der Waals surface area (Å²) in [6.45, 7) is -0.217. The minimum atomic E-state index is -0.851. The lowest BCUT2D eigenvalue weighted by Crippen LogP contribution is -2.17. The molecule has 0 aliphatic rings. The molecule has 0 aliphatic heterocycles. The summed E-state index contributed by atoms with van der Waals surface area (Å²) in [4.78, 5) is 0. The van der Waals surface area contributed by atoms with E-state index in [9.17, 15) is 8.78 Å². The molecule has 0 aromatic heterocycles. The van der Waals surface area contributed by atoms with Crippen LogP contribution in [-0.4, -0.2) is 18.3 Å². The summed E-state index contributed by atoms with van der Waals surface area (Å²) < 4.78 is 26.1. The van der Waals surface area contributed by atoms with E-state index in [0.29, 0.717) is 0 Å². The van der Waals surface area contributed by atoms with Gasteiger partial charge in [0.05, 0.1) is 6.61 Å². The summed E-state index contributed by atoms with van der Waals surface area (Å²) in [5, 5.41) is 8.32. The van der Waals surface area contributed by atoms with Crippen LogP contribution in [0.15, 0.2) is 12.1 Å². The maximum Gasteiger partial charge on any atom is 0.148 e. The van der Waals surface area contributed by atoms with Crippen LogP contribution in [0, 0.1) is 11.6 Å². The fourth-order valence-electron chi connectivity index (χ4n) is 1.16. The van der Waals surface area contributed by atoms with Crippen LogP contribution in [0.3, 0.4) is 0 Å². The number of benzene rings is 1. The van der Waals surface area contributed by atoms with Gasteiger partial charge < -0.3 is 10.8 Å². The molecule has 0 saturated carbocycles. The zero-order chi connectivity index (χ0) is 10.7. The van der Waals surface area contributed by atoms with Crippen LogP contribution >= 0.6 is 11.6 Å². The third kappa shape index (κ3) is 2.03. The van der Waals surface area contributed by atoms with E-state index in [2.05, 4.69) is 0 Å². The number of aliphatic hydroxyl groups is 1. The molecule has 78 valence electrons. The van der Waals surface area contributed by atoms with Crippen LogP contribution < -0.4 is 5.73 Å². The van der Waals surface area contributed by atoms with Crippen molar-refractivity contribution < 1.29 is 13.9 Å². The van der Waals surface area contributed by atoms with Gasteiger partial charge in [-0.05, 0) is 11.6 Å². The van der Waals surface area contributed by atoms with E-state index < -0.39 is 22.6 Å². The number of aliphatic hydroxyl groups excluding tert-OH is 1. The molecule has 5 heteroatoms. The van der Waals surface area contributed by atoms with E-state index in [4.69, 9.17) is 22.4 Å². The summed E-state index contributed by atoms with van der Waals surface area (Å²) in [5.74, 6) is -2.22. The van der Waals surface area contributed by atoms with Gasteiger partial charge in [0, 0.05) is 12.5 Å². The Bertz CT molecular complexity index is 329. The predicted octanol–water partition coefficient (Wildman–Crippen LogP) is 1.65. The normalized spacial score (nSPS) is 12.9. The molecule has 1 atom stereocenters. The molecule has 0 saturated heterocycles. The molecule has 1 unspecified atom stereocenters. The van der Waals surface area contributed by atoms with Crippen LogP contribution in [0.25, 0.3) is 0 Å². The van der Waals surface area contributed by atoms with Crippen LogP contribution in [0.1, 0.15) is 11.5 Å². The number of halogens is 3. The fraction of sp³-hybridized carbons (Fsp3) is 0.333. The van der Waals surface area contributed by atoms with Crippen molar-refractivity contribution in [3.8, 4) is 0 Å². The molecular formula is C9H10ClF2NO. The van der Waals surface area contributed by atoms with Crippen LogP contribution in [0.2, 0.25) is 5.02 Å². The SMILES string of the molecule is NCC(CO)c1ccc(F)c(Cl)c1F. The highest BCUT2D eigenvalue weighted by molar-refractivity contribution is 6.30. The van der Waals surface area contributed by atoms with E-state index in [1.807, 2.05) is 0 Å². The van der Waals surface area contributed by atoms with Crippen LogP contribution in [0.4, 0.5) is 8.78 Å². The molecule has 1 rings (SSSR count). The van der Waals surface area contributed by atoms with Gasteiger partial charge in [-0.1, -0.05) is 17.7 Å². The van der Waals surface area contributed by atoms with Crippen molar-refractivity contribution in [1.29, 1.82) is 0 Å². The Morgan fingerprint density at radius 1 is 1.43 bits per heavy atom. The maximum absolute atomic E-state index is 13.3. The van der Waals surface area contributed by atoms with Gasteiger partial charge in [-0.25, -0.2) is 8.78 Å². The molecule has 3 N–H and O–H groups in total. The van der Waals surface area contributed by atoms with Gasteiger partial charge in [0.2, 0.25) is 0 Å². The second-order valence-electron chi connectivity index (χ2n) is 2.88. The fourth-order valence-corrected chi connectivity index (χ4v) is 1.33. The molecule has 0 amide bonds. The molecule has 0 heterocycles. The van der Waals surface area contributed by atoms with Crippen molar-refractivity contribution in [3.05, 3.63) is 34.4 Å². The molecule has 0 radical (unpaired) electrons. The van der Waals surface area contributed by atoms with Gasteiger partial charge in [0.25, 0.3) is 0 Å². The van der Waals surface area contributed by atoms with Crippen LogP contribution in [0.5, 0.6) is 0 Å². The first-order chi connectivity index (χ1) is 6.61. The molecule has 0 spiro atoms. The Morgan fingerprint density at radius 2 is 2.07 bits per heavy atom. The summed E-state index contributed by atoms with van der Waals surface area (Å²) in [5.41, 5.74) is 5.45. The first-order valence-electron chi connectivity index (χ1n) is 4.06. The molecule has 1 aromatic carbocycles. The van der Waals surface area contributed by atoms with Gasteiger partial charge in [0.15, 0.2) is 0 Å². The molecule has 2 nitrogen and oxygen atoms in total. The molecule has 14 heavy (non-hydrogen) atoms. The van der Waals surface area contributed by atoms with Gasteiger partial charge in [-0.3, -0.25) is 0 Å². The van der Waals surface area contributed by atoms with E-state index in [0.717, 1.165) is 6.07 Å². The summed E-state index contributed by atoms with van der Waals surface area (Å²) in [7, 11) is 0. The maximum atomic E-state index is 13.3. The molecular weight excluding hydrogens is 212 g/mol. The van der Waals surface area contributed by atoms with Crippen LogP contribution in [-0.2, 0) is 0 Å². The lowest BCUT2D eigenvalue weighted by molar-refractivity contribution is 0.265. The number of nitrogens with two attached hydrogens (primary N) is 1. The van der Waals surface area contributed by atoms with E-state index >= 15 is 0 Å². The van der Waals surface area contributed by atoms with Crippen molar-refractivity contribution in [2.24, 2.45) is 5.73 Å². The van der Waals surface area contributed by atoms with Crippen molar-refractivity contribution in [2.75, 3.05) is 13.2 Å². The average molecular weight is 222 g/mol. The Hall–Kier alpha value is -0.710. The first-order valence-corrected chi connectivity index (χ1v) is 4.44. The predicted molar refractivity (Wildman–Crippen MR) is 50.2 cm³/mol. The number of hydrogen-bond acceptors (Lipinski definition) is 2.